The molecule has 0 radical (unpaired) electrons. The normalized spacial score (nSPS) is 10.3. The van der Waals surface area contributed by atoms with Gasteiger partial charge in [0.05, 0.1) is 17.1 Å². The predicted octanol–water partition coefficient (Wildman–Crippen LogP) is 3.84. The molecule has 2 aromatic rings. The second-order valence-corrected chi connectivity index (χ2v) is 5.68. The Kier molecular flexibility index (Phi) is 5.58. The highest BCUT2D eigenvalue weighted by Gasteiger charge is 2.18. The first kappa shape index (κ1) is 17.2. The number of hydrogen-bond acceptors (Lipinski definition) is 2. The quantitative estimate of drug-likeness (QED) is 0.906. The van der Waals surface area contributed by atoms with Crippen LogP contribution >= 0.6 is 23.2 Å². The SMILES string of the molecule is CN(CC(=O)Nc1ccc(F)cc1)C(=O)c1cc(Cl)ccc1Cl. The molecule has 2 aromatic carbocycles. The Morgan fingerprint density at radius 3 is 2.43 bits per heavy atom. The molecule has 120 valence electrons. The van der Waals surface area contributed by atoms with Crippen LogP contribution < -0.4 is 5.32 Å². The zero-order valence-corrected chi connectivity index (χ0v) is 13.7. The van der Waals surface area contributed by atoms with Gasteiger partial charge in [-0.3, -0.25) is 9.59 Å². The van der Waals surface area contributed by atoms with E-state index in [1.165, 1.54) is 48.3 Å². The van der Waals surface area contributed by atoms with Crippen LogP contribution in [0.2, 0.25) is 10.0 Å². The lowest BCUT2D eigenvalue weighted by Gasteiger charge is -2.17. The van der Waals surface area contributed by atoms with Gasteiger partial charge in [0.15, 0.2) is 0 Å². The highest BCUT2D eigenvalue weighted by Crippen LogP contribution is 2.21. The van der Waals surface area contributed by atoms with Gasteiger partial charge in [0.2, 0.25) is 5.91 Å². The molecule has 0 saturated heterocycles. The first-order valence-corrected chi connectivity index (χ1v) is 7.38. The summed E-state index contributed by atoms with van der Waals surface area (Å²) in [6, 6.07) is 9.87. The largest absolute Gasteiger partial charge is 0.332 e. The van der Waals surface area contributed by atoms with Crippen molar-refractivity contribution in [1.29, 1.82) is 0 Å². The van der Waals surface area contributed by atoms with E-state index in [2.05, 4.69) is 5.32 Å². The van der Waals surface area contributed by atoms with Crippen LogP contribution in [0.25, 0.3) is 0 Å². The molecular weight excluding hydrogens is 342 g/mol. The molecule has 0 aliphatic rings. The third-order valence-electron chi connectivity index (χ3n) is 3.01. The number of benzene rings is 2. The van der Waals surface area contributed by atoms with Crippen LogP contribution in [0.1, 0.15) is 10.4 Å². The molecule has 4 nitrogen and oxygen atoms in total. The summed E-state index contributed by atoms with van der Waals surface area (Å²) >= 11 is 11.8. The van der Waals surface area contributed by atoms with Crippen LogP contribution in [0.5, 0.6) is 0 Å². The molecule has 0 aliphatic heterocycles. The second kappa shape index (κ2) is 7.44. The molecule has 2 amide bonds. The van der Waals surface area contributed by atoms with E-state index in [1.54, 1.807) is 6.07 Å². The van der Waals surface area contributed by atoms with Gasteiger partial charge in [0, 0.05) is 17.8 Å². The minimum atomic E-state index is -0.424. The standard InChI is InChI=1S/C16H13Cl2FN2O2/c1-21(16(23)13-8-10(17)2-7-14(13)18)9-15(22)20-12-5-3-11(19)4-6-12/h2-8H,9H2,1H3,(H,20,22). The van der Waals surface area contributed by atoms with Crippen LogP contribution in [-0.4, -0.2) is 30.3 Å². The maximum absolute atomic E-state index is 12.8. The average molecular weight is 355 g/mol. The van der Waals surface area contributed by atoms with Crippen molar-refractivity contribution in [3.05, 3.63) is 63.9 Å². The van der Waals surface area contributed by atoms with Crippen molar-refractivity contribution in [2.45, 2.75) is 0 Å². The molecule has 0 atom stereocenters. The number of hydrogen-bond donors (Lipinski definition) is 1. The van der Waals surface area contributed by atoms with Gasteiger partial charge in [-0.25, -0.2) is 4.39 Å². The maximum atomic E-state index is 12.8. The Labute approximate surface area is 142 Å². The molecule has 2 rings (SSSR count). The summed E-state index contributed by atoms with van der Waals surface area (Å²) in [5.74, 6) is -1.23. The van der Waals surface area contributed by atoms with Gasteiger partial charge in [-0.05, 0) is 42.5 Å². The smallest absolute Gasteiger partial charge is 0.255 e. The molecule has 0 aromatic heterocycles. The second-order valence-electron chi connectivity index (χ2n) is 4.84. The zero-order chi connectivity index (χ0) is 17.0. The van der Waals surface area contributed by atoms with Crippen molar-refractivity contribution in [1.82, 2.24) is 4.90 Å². The Balaban J connectivity index is 2.01. The van der Waals surface area contributed by atoms with E-state index in [-0.39, 0.29) is 17.1 Å². The molecule has 0 bridgehead atoms. The van der Waals surface area contributed by atoms with Crippen LogP contribution in [0, 0.1) is 5.82 Å². The number of amides is 2. The molecule has 0 aliphatic carbocycles. The van der Waals surface area contributed by atoms with Crippen molar-refractivity contribution in [3.63, 3.8) is 0 Å². The Hall–Kier alpha value is -2.11. The fourth-order valence-corrected chi connectivity index (χ4v) is 2.26. The van der Waals surface area contributed by atoms with Crippen molar-refractivity contribution in [3.8, 4) is 0 Å². The molecule has 0 fully saturated rings. The van der Waals surface area contributed by atoms with Crippen molar-refractivity contribution >= 4 is 40.7 Å². The Bertz CT molecular complexity index is 735. The third kappa shape index (κ3) is 4.68. The van der Waals surface area contributed by atoms with Gasteiger partial charge in [-0.15, -0.1) is 0 Å². The number of carbonyl (C=O) groups is 2. The van der Waals surface area contributed by atoms with E-state index in [0.717, 1.165) is 0 Å². The first-order chi connectivity index (χ1) is 10.9. The number of nitrogens with zero attached hydrogens (tertiary/aromatic N) is 1. The van der Waals surface area contributed by atoms with E-state index in [4.69, 9.17) is 23.2 Å². The average Bonchev–Trinajstić information content (AvgIpc) is 2.51. The predicted molar refractivity (Wildman–Crippen MR) is 88.5 cm³/mol. The number of anilines is 1. The van der Waals surface area contributed by atoms with Gasteiger partial charge >= 0.3 is 0 Å². The van der Waals surface area contributed by atoms with E-state index in [9.17, 15) is 14.0 Å². The number of nitrogens with one attached hydrogen (secondary N) is 1. The molecule has 0 unspecified atom stereocenters. The zero-order valence-electron chi connectivity index (χ0n) is 12.1. The van der Waals surface area contributed by atoms with E-state index in [1.807, 2.05) is 0 Å². The first-order valence-electron chi connectivity index (χ1n) is 6.63. The van der Waals surface area contributed by atoms with Crippen molar-refractivity contribution < 1.29 is 14.0 Å². The van der Waals surface area contributed by atoms with Gasteiger partial charge < -0.3 is 10.2 Å². The molecular formula is C16H13Cl2FN2O2. The van der Waals surface area contributed by atoms with Gasteiger partial charge in [0.25, 0.3) is 5.91 Å². The van der Waals surface area contributed by atoms with Gasteiger partial charge in [-0.1, -0.05) is 23.2 Å². The maximum Gasteiger partial charge on any atom is 0.255 e. The van der Waals surface area contributed by atoms with Crippen LogP contribution in [0.4, 0.5) is 10.1 Å². The fraction of sp³-hybridized carbons (Fsp3) is 0.125. The molecule has 7 heteroatoms. The fourth-order valence-electron chi connectivity index (χ4n) is 1.89. The van der Waals surface area contributed by atoms with E-state index in [0.29, 0.717) is 10.7 Å². The summed E-state index contributed by atoms with van der Waals surface area (Å²) in [5, 5.41) is 3.21. The number of halogens is 3. The minimum Gasteiger partial charge on any atom is -0.332 e. The Morgan fingerprint density at radius 1 is 1.13 bits per heavy atom. The number of carbonyl (C=O) groups excluding carboxylic acids is 2. The number of likely N-dealkylation sites (N-methyl/N-ethyl adjacent to an activating group) is 1. The summed E-state index contributed by atoms with van der Waals surface area (Å²) in [6.07, 6.45) is 0. The highest BCUT2D eigenvalue weighted by atomic mass is 35.5. The lowest BCUT2D eigenvalue weighted by molar-refractivity contribution is -0.116. The van der Waals surface area contributed by atoms with E-state index < -0.39 is 17.6 Å². The van der Waals surface area contributed by atoms with Gasteiger partial charge in [0.1, 0.15) is 5.82 Å². The Morgan fingerprint density at radius 2 is 1.78 bits per heavy atom. The summed E-state index contributed by atoms with van der Waals surface area (Å²) in [5.41, 5.74) is 0.661. The van der Waals surface area contributed by atoms with Crippen LogP contribution in [0.3, 0.4) is 0 Å². The van der Waals surface area contributed by atoms with Gasteiger partial charge in [-0.2, -0.15) is 0 Å². The highest BCUT2D eigenvalue weighted by molar-refractivity contribution is 6.35. The van der Waals surface area contributed by atoms with Crippen LogP contribution in [0.15, 0.2) is 42.5 Å². The van der Waals surface area contributed by atoms with Crippen LogP contribution in [-0.2, 0) is 4.79 Å². The number of rotatable bonds is 4. The summed E-state index contributed by atoms with van der Waals surface area (Å²) in [4.78, 5) is 25.5. The summed E-state index contributed by atoms with van der Waals surface area (Å²) in [7, 11) is 1.48. The van der Waals surface area contributed by atoms with Crippen molar-refractivity contribution in [2.24, 2.45) is 0 Å². The monoisotopic (exact) mass is 354 g/mol. The summed E-state index contributed by atoms with van der Waals surface area (Å²) < 4.78 is 12.8. The molecule has 0 saturated carbocycles. The lowest BCUT2D eigenvalue weighted by Crippen LogP contribution is -2.35. The molecule has 0 spiro atoms. The lowest BCUT2D eigenvalue weighted by atomic mass is 10.2. The summed E-state index contributed by atoms with van der Waals surface area (Å²) in [6.45, 7) is -0.181. The molecule has 23 heavy (non-hydrogen) atoms. The molecule has 1 N–H and O–H groups in total. The third-order valence-corrected chi connectivity index (χ3v) is 3.58. The topological polar surface area (TPSA) is 49.4 Å². The van der Waals surface area contributed by atoms with Crippen molar-refractivity contribution in [2.75, 3.05) is 18.9 Å². The van der Waals surface area contributed by atoms with E-state index >= 15 is 0 Å². The minimum absolute atomic E-state index is 0.181. The molecule has 0 heterocycles.